The highest BCUT2D eigenvalue weighted by Crippen LogP contribution is 2.51. The van der Waals surface area contributed by atoms with E-state index in [9.17, 15) is 72.5 Å². The highest BCUT2D eigenvalue weighted by atomic mass is 19.4. The number of benzene rings is 4. The Morgan fingerprint density at radius 1 is 0.488 bits per heavy atom. The number of halogens is 12. The molecule has 2 aliphatic heterocycles. The first kappa shape index (κ1) is 64.0. The van der Waals surface area contributed by atoms with Crippen LogP contribution in [0.1, 0.15) is 147 Å². The van der Waals surface area contributed by atoms with Gasteiger partial charge in [-0.1, -0.05) is 48.5 Å². The van der Waals surface area contributed by atoms with Crippen molar-refractivity contribution in [3.63, 3.8) is 0 Å². The van der Waals surface area contributed by atoms with Gasteiger partial charge in [0.05, 0.1) is 47.7 Å². The monoisotopic (exact) mass is 1170 g/mol. The van der Waals surface area contributed by atoms with Crippen molar-refractivity contribution in [3.05, 3.63) is 141 Å². The third-order valence-electron chi connectivity index (χ3n) is 15.7. The van der Waals surface area contributed by atoms with Gasteiger partial charge in [-0.05, 0) is 175 Å². The molecule has 10 atom stereocenters. The number of nitrogens with zero attached hydrogens (tertiary/aromatic N) is 2. The predicted molar refractivity (Wildman–Crippen MR) is 278 cm³/mol. The van der Waals surface area contributed by atoms with Gasteiger partial charge in [0.2, 0.25) is 0 Å². The molecule has 0 spiro atoms. The van der Waals surface area contributed by atoms with Crippen molar-refractivity contribution in [3.8, 4) is 0 Å². The number of amides is 2. The van der Waals surface area contributed by atoms with Gasteiger partial charge in [-0.25, -0.2) is 9.59 Å². The van der Waals surface area contributed by atoms with E-state index in [0.29, 0.717) is 76.1 Å². The Morgan fingerprint density at radius 2 is 0.793 bits per heavy atom. The van der Waals surface area contributed by atoms with Gasteiger partial charge in [0.25, 0.3) is 0 Å². The van der Waals surface area contributed by atoms with Gasteiger partial charge in [-0.3, -0.25) is 0 Å². The zero-order chi connectivity index (χ0) is 60.7. The fraction of sp³-hybridized carbons (Fsp3) is 0.567. The summed E-state index contributed by atoms with van der Waals surface area (Å²) in [6.45, 7) is 14.6. The number of ether oxygens (including phenoxy) is 4. The van der Waals surface area contributed by atoms with Crippen LogP contribution >= 0.6 is 0 Å². The van der Waals surface area contributed by atoms with E-state index in [-0.39, 0.29) is 47.6 Å². The Balaban J connectivity index is 0.000000236. The third kappa shape index (κ3) is 15.6. The van der Waals surface area contributed by atoms with E-state index in [4.69, 9.17) is 18.9 Å². The van der Waals surface area contributed by atoms with Crippen LogP contribution in [-0.4, -0.2) is 95.0 Å². The van der Waals surface area contributed by atoms with E-state index in [1.54, 1.807) is 51.3 Å². The lowest BCUT2D eigenvalue weighted by atomic mass is 9.68. The fourth-order valence-corrected chi connectivity index (χ4v) is 12.1. The molecule has 4 aliphatic rings. The summed E-state index contributed by atoms with van der Waals surface area (Å²) in [5.41, 5.74) is -4.28. The molecule has 22 heteroatoms. The molecular formula is C60H70F12N2O8. The highest BCUT2D eigenvalue weighted by Gasteiger charge is 2.51. The number of aryl methyl sites for hydroxylation is 2. The van der Waals surface area contributed by atoms with Crippen molar-refractivity contribution in [2.75, 3.05) is 39.4 Å². The first-order valence-electron chi connectivity index (χ1n) is 27.1. The molecule has 2 N–H and O–H groups in total. The molecule has 2 heterocycles. The minimum atomic E-state index is -5.02. The van der Waals surface area contributed by atoms with Gasteiger partial charge in [-0.15, -0.1) is 0 Å². The number of hydrogen-bond donors (Lipinski definition) is 2. The number of likely N-dealkylation sites (tertiary alicyclic amines) is 2. The molecular weight excluding hydrogens is 1100 g/mol. The summed E-state index contributed by atoms with van der Waals surface area (Å²) in [6.07, 6.45) is -22.9. The van der Waals surface area contributed by atoms with Crippen molar-refractivity contribution in [2.24, 2.45) is 23.7 Å². The number of hydrogen-bond acceptors (Lipinski definition) is 8. The lowest BCUT2D eigenvalue weighted by molar-refractivity contribution is -0.145. The zero-order valence-corrected chi connectivity index (χ0v) is 46.7. The summed E-state index contributed by atoms with van der Waals surface area (Å²) in [6, 6.07) is 17.7. The highest BCUT2D eigenvalue weighted by molar-refractivity contribution is 5.69. The second-order valence-corrected chi connectivity index (χ2v) is 23.9. The van der Waals surface area contributed by atoms with Crippen LogP contribution in [0.4, 0.5) is 62.3 Å². The molecule has 2 saturated carbocycles. The minimum absolute atomic E-state index is 0.0586. The Kier molecular flexibility index (Phi) is 19.2. The van der Waals surface area contributed by atoms with Gasteiger partial charge < -0.3 is 39.0 Å². The number of alkyl halides is 12. The van der Waals surface area contributed by atoms with Gasteiger partial charge in [0.15, 0.2) is 0 Å². The maximum atomic E-state index is 13.5. The van der Waals surface area contributed by atoms with Crippen LogP contribution in [0.15, 0.2) is 84.9 Å². The van der Waals surface area contributed by atoms with Crippen LogP contribution in [0.5, 0.6) is 0 Å². The second-order valence-electron chi connectivity index (χ2n) is 23.9. The van der Waals surface area contributed by atoms with Crippen molar-refractivity contribution in [1.29, 1.82) is 0 Å². The number of rotatable bonds is 10. The van der Waals surface area contributed by atoms with E-state index < -0.39 is 119 Å². The molecule has 0 bridgehead atoms. The Hall–Kier alpha value is -5.58. The first-order chi connectivity index (χ1) is 37.9. The van der Waals surface area contributed by atoms with Crippen LogP contribution < -0.4 is 0 Å². The fourth-order valence-electron chi connectivity index (χ4n) is 12.1. The van der Waals surface area contributed by atoms with Gasteiger partial charge in [0, 0.05) is 38.0 Å². The normalized spacial score (nSPS) is 24.2. The van der Waals surface area contributed by atoms with Crippen LogP contribution in [-0.2, 0) is 43.7 Å². The van der Waals surface area contributed by atoms with Gasteiger partial charge in [0.1, 0.15) is 23.4 Å². The Morgan fingerprint density at radius 3 is 1.06 bits per heavy atom. The molecule has 8 rings (SSSR count). The molecule has 2 aliphatic carbocycles. The van der Waals surface area contributed by atoms with Crippen molar-refractivity contribution in [1.82, 2.24) is 9.80 Å². The summed E-state index contributed by atoms with van der Waals surface area (Å²) in [5.74, 6) is -0.605. The lowest BCUT2D eigenvalue weighted by Crippen LogP contribution is -2.39. The summed E-state index contributed by atoms with van der Waals surface area (Å²) < 4.78 is 186. The van der Waals surface area contributed by atoms with Crippen LogP contribution in [0.2, 0.25) is 0 Å². The van der Waals surface area contributed by atoms with E-state index in [1.807, 2.05) is 62.4 Å². The van der Waals surface area contributed by atoms with E-state index in [2.05, 4.69) is 0 Å². The van der Waals surface area contributed by atoms with Gasteiger partial charge >= 0.3 is 36.9 Å². The zero-order valence-electron chi connectivity index (χ0n) is 46.7. The number of fused-ring (bicyclic) bond motifs is 2. The summed E-state index contributed by atoms with van der Waals surface area (Å²) in [4.78, 5) is 29.1. The molecule has 0 aromatic heterocycles. The summed E-state index contributed by atoms with van der Waals surface area (Å²) >= 11 is 0. The molecule has 10 nitrogen and oxygen atoms in total. The number of carbonyl (C=O) groups is 2. The SMILES string of the molecule is Cc1ccccc1[C@H]1[C@@H]2CN(C(=O)OC(C)(C)C)C[C@H]2CC[C@@H]1O[C@@H](CO)c1cc(C(F)(F)F)cc(C(F)(F)F)c1.Cc1ccccc1[C@H]1[C@@H]2CN(C(=O)OC(C)(C)C)C[C@H]2CC[C@@H]1O[C@H](CO)c1cc(C(F)(F)F)cc(C(F)(F)F)c1. The average Bonchev–Trinajstić information content (AvgIpc) is 4.07. The van der Waals surface area contributed by atoms with Crippen LogP contribution in [0.25, 0.3) is 0 Å². The largest absolute Gasteiger partial charge is 0.444 e. The topological polar surface area (TPSA) is 118 Å². The molecule has 2 saturated heterocycles. The van der Waals surface area contributed by atoms with Crippen molar-refractivity contribution < 1.29 is 91.4 Å². The number of aliphatic hydroxyl groups is 2. The maximum absolute atomic E-state index is 13.5. The molecule has 4 fully saturated rings. The Labute approximate surface area is 469 Å². The second kappa shape index (κ2) is 24.6. The first-order valence-corrected chi connectivity index (χ1v) is 27.1. The van der Waals surface area contributed by atoms with Crippen LogP contribution in [0, 0.1) is 37.5 Å². The van der Waals surface area contributed by atoms with Gasteiger partial charge in [-0.2, -0.15) is 52.7 Å². The summed E-state index contributed by atoms with van der Waals surface area (Å²) in [5, 5.41) is 20.3. The Bertz CT molecular complexity index is 2600. The number of carbonyl (C=O) groups excluding carboxylic acids is 2. The average molecular weight is 1180 g/mol. The molecule has 0 unspecified atom stereocenters. The minimum Gasteiger partial charge on any atom is -0.444 e. The summed E-state index contributed by atoms with van der Waals surface area (Å²) in [7, 11) is 0. The third-order valence-corrected chi connectivity index (χ3v) is 15.7. The smallest absolute Gasteiger partial charge is 0.416 e. The predicted octanol–water partition coefficient (Wildman–Crippen LogP) is 15.0. The molecule has 2 amide bonds. The molecule has 82 heavy (non-hydrogen) atoms. The molecule has 452 valence electrons. The van der Waals surface area contributed by atoms with E-state index in [1.165, 1.54) is 0 Å². The molecule has 0 radical (unpaired) electrons. The molecule has 4 aromatic rings. The van der Waals surface area contributed by atoms with E-state index >= 15 is 0 Å². The van der Waals surface area contributed by atoms with Crippen molar-refractivity contribution in [2.45, 2.75) is 153 Å². The lowest BCUT2D eigenvalue weighted by Gasteiger charge is -2.41. The number of aliphatic hydroxyl groups excluding tert-OH is 2. The quantitative estimate of drug-likeness (QED) is 0.151. The van der Waals surface area contributed by atoms with Crippen molar-refractivity contribution >= 4 is 12.2 Å². The van der Waals surface area contributed by atoms with E-state index in [0.717, 1.165) is 22.3 Å². The standard InChI is InChI=1S/2C30H35F6NO4/c2*1-17-7-5-6-8-22(17)26-23-15-37(27(39)41-28(2,3)4)14-18(23)9-10-24(26)40-25(16-38)19-11-20(29(31,32)33)13-21(12-19)30(34,35)36/h2*5-8,11-13,18,23-26,38H,9-10,14-16H2,1-4H3/t18-,23-,24+,25+,26+;18-,23-,24+,25-,26+/m11/s1. The maximum Gasteiger partial charge on any atom is 0.416 e. The van der Waals surface area contributed by atoms with Crippen LogP contribution in [0.3, 0.4) is 0 Å². The molecule has 4 aromatic carbocycles.